The van der Waals surface area contributed by atoms with Crippen LogP contribution in [-0.2, 0) is 9.53 Å². The summed E-state index contributed by atoms with van der Waals surface area (Å²) in [6, 6.07) is 3.40. The molecular formula is C12H14ClN3O2. The molecule has 0 aliphatic rings. The Kier molecular flexibility index (Phi) is 4.51. The van der Waals surface area contributed by atoms with Gasteiger partial charge in [-0.3, -0.25) is 4.79 Å². The molecule has 0 fully saturated rings. The summed E-state index contributed by atoms with van der Waals surface area (Å²) < 4.78 is 5.12. The van der Waals surface area contributed by atoms with E-state index < -0.39 is 11.6 Å². The smallest absolute Gasteiger partial charge is 0.325 e. The molecule has 5 nitrogen and oxygen atoms in total. The minimum Gasteiger partial charge on any atom is -0.459 e. The van der Waals surface area contributed by atoms with E-state index in [-0.39, 0.29) is 11.6 Å². The molecule has 0 amide bonds. The number of carbonyl (C=O) groups excluding carboxylic acids is 1. The Morgan fingerprint density at radius 1 is 1.61 bits per heavy atom. The highest BCUT2D eigenvalue weighted by atomic mass is 35.5. The van der Waals surface area contributed by atoms with Crippen LogP contribution in [0.1, 0.15) is 26.3 Å². The standard InChI is InChI=1S/C12H14ClN3O2/c1-12(2,3)18-10(17)7-16-11-9(13)4-8(5-14)6-15-11/h4,6H,7H2,1-3H3,(H,15,16). The van der Waals surface area contributed by atoms with Crippen molar-refractivity contribution >= 4 is 23.4 Å². The predicted molar refractivity (Wildman–Crippen MR) is 68.3 cm³/mol. The molecule has 0 aliphatic heterocycles. The van der Waals surface area contributed by atoms with Crippen LogP contribution in [0.3, 0.4) is 0 Å². The fourth-order valence-corrected chi connectivity index (χ4v) is 1.40. The zero-order chi connectivity index (χ0) is 13.8. The molecule has 0 saturated heterocycles. The maximum absolute atomic E-state index is 11.5. The Labute approximate surface area is 111 Å². The number of hydrogen-bond acceptors (Lipinski definition) is 5. The number of aromatic nitrogens is 1. The van der Waals surface area contributed by atoms with Gasteiger partial charge in [0.2, 0.25) is 0 Å². The van der Waals surface area contributed by atoms with Crippen LogP contribution in [-0.4, -0.2) is 23.1 Å². The minimum absolute atomic E-state index is 0.0319. The Balaban J connectivity index is 2.59. The summed E-state index contributed by atoms with van der Waals surface area (Å²) in [7, 11) is 0. The molecule has 1 heterocycles. The van der Waals surface area contributed by atoms with Crippen LogP contribution in [0, 0.1) is 11.3 Å². The second-order valence-corrected chi connectivity index (χ2v) is 5.01. The summed E-state index contributed by atoms with van der Waals surface area (Å²) in [6.45, 7) is 5.34. The highest BCUT2D eigenvalue weighted by Gasteiger charge is 2.16. The van der Waals surface area contributed by atoms with Gasteiger partial charge in [0, 0.05) is 6.20 Å². The first-order chi connectivity index (χ1) is 8.31. The number of nitrogens with zero attached hydrogens (tertiary/aromatic N) is 2. The molecule has 6 heteroatoms. The monoisotopic (exact) mass is 267 g/mol. The Hall–Kier alpha value is -1.80. The fourth-order valence-electron chi connectivity index (χ4n) is 1.16. The first kappa shape index (κ1) is 14.3. The first-order valence-electron chi connectivity index (χ1n) is 5.33. The van der Waals surface area contributed by atoms with E-state index in [1.807, 2.05) is 6.07 Å². The third-order valence-electron chi connectivity index (χ3n) is 1.79. The SMILES string of the molecule is CC(C)(C)OC(=O)CNc1ncc(C#N)cc1Cl. The Morgan fingerprint density at radius 3 is 2.78 bits per heavy atom. The van der Waals surface area contributed by atoms with Gasteiger partial charge in [0.1, 0.15) is 24.0 Å². The van der Waals surface area contributed by atoms with Crippen molar-refractivity contribution in [1.29, 1.82) is 5.26 Å². The number of pyridine rings is 1. The lowest BCUT2D eigenvalue weighted by atomic mass is 10.2. The van der Waals surface area contributed by atoms with Gasteiger partial charge in [0.25, 0.3) is 0 Å². The number of carbonyl (C=O) groups is 1. The second kappa shape index (κ2) is 5.69. The average molecular weight is 268 g/mol. The molecule has 0 atom stereocenters. The maximum Gasteiger partial charge on any atom is 0.325 e. The maximum atomic E-state index is 11.5. The van der Waals surface area contributed by atoms with Gasteiger partial charge in [0.05, 0.1) is 10.6 Å². The van der Waals surface area contributed by atoms with Crippen molar-refractivity contribution in [3.63, 3.8) is 0 Å². The van der Waals surface area contributed by atoms with Gasteiger partial charge in [-0.2, -0.15) is 5.26 Å². The van der Waals surface area contributed by atoms with Crippen molar-refractivity contribution in [2.45, 2.75) is 26.4 Å². The molecule has 1 N–H and O–H groups in total. The number of halogens is 1. The minimum atomic E-state index is -0.527. The van der Waals surface area contributed by atoms with Gasteiger partial charge in [-0.1, -0.05) is 11.6 Å². The molecule has 0 aromatic carbocycles. The third kappa shape index (κ3) is 4.60. The first-order valence-corrected chi connectivity index (χ1v) is 5.71. The molecule has 1 aromatic heterocycles. The van der Waals surface area contributed by atoms with Gasteiger partial charge >= 0.3 is 5.97 Å². The number of esters is 1. The molecule has 0 radical (unpaired) electrons. The number of rotatable bonds is 3. The highest BCUT2D eigenvalue weighted by Crippen LogP contribution is 2.19. The number of nitrogens with one attached hydrogen (secondary N) is 1. The topological polar surface area (TPSA) is 75.0 Å². The molecule has 1 rings (SSSR count). The normalized spacial score (nSPS) is 10.6. The number of nitriles is 1. The molecule has 96 valence electrons. The van der Waals surface area contributed by atoms with Crippen molar-refractivity contribution in [3.8, 4) is 6.07 Å². The van der Waals surface area contributed by atoms with Crippen LogP contribution in [0.4, 0.5) is 5.82 Å². The van der Waals surface area contributed by atoms with Gasteiger partial charge in [-0.15, -0.1) is 0 Å². The van der Waals surface area contributed by atoms with Gasteiger partial charge < -0.3 is 10.1 Å². The highest BCUT2D eigenvalue weighted by molar-refractivity contribution is 6.33. The Morgan fingerprint density at radius 2 is 2.28 bits per heavy atom. The van der Waals surface area contributed by atoms with E-state index in [2.05, 4.69) is 10.3 Å². The van der Waals surface area contributed by atoms with E-state index in [0.717, 1.165) is 0 Å². The van der Waals surface area contributed by atoms with E-state index in [1.54, 1.807) is 20.8 Å². The van der Waals surface area contributed by atoms with E-state index in [1.165, 1.54) is 12.3 Å². The summed E-state index contributed by atoms with van der Waals surface area (Å²) in [5.41, 5.74) is -0.163. The molecule has 0 aliphatic carbocycles. The van der Waals surface area contributed by atoms with Crippen LogP contribution < -0.4 is 5.32 Å². The van der Waals surface area contributed by atoms with Crippen LogP contribution in [0.5, 0.6) is 0 Å². The quantitative estimate of drug-likeness (QED) is 0.851. The Bertz CT molecular complexity index is 489. The van der Waals surface area contributed by atoms with E-state index in [4.69, 9.17) is 21.6 Å². The zero-order valence-corrected chi connectivity index (χ0v) is 11.2. The zero-order valence-electron chi connectivity index (χ0n) is 10.5. The molecule has 0 spiro atoms. The largest absolute Gasteiger partial charge is 0.459 e. The molecule has 0 saturated carbocycles. The van der Waals surface area contributed by atoms with Crippen molar-refractivity contribution in [3.05, 3.63) is 22.8 Å². The van der Waals surface area contributed by atoms with Crippen LogP contribution in [0.2, 0.25) is 5.02 Å². The molecule has 18 heavy (non-hydrogen) atoms. The lowest BCUT2D eigenvalue weighted by Gasteiger charge is -2.19. The van der Waals surface area contributed by atoms with Crippen molar-refractivity contribution in [2.24, 2.45) is 0 Å². The summed E-state index contributed by atoms with van der Waals surface area (Å²) in [6.07, 6.45) is 1.38. The van der Waals surface area contributed by atoms with Gasteiger partial charge in [-0.25, -0.2) is 4.98 Å². The fraction of sp³-hybridized carbons (Fsp3) is 0.417. The predicted octanol–water partition coefficient (Wildman–Crippen LogP) is 2.36. The summed E-state index contributed by atoms with van der Waals surface area (Å²) in [5.74, 6) is -0.0498. The van der Waals surface area contributed by atoms with Crippen molar-refractivity contribution in [2.75, 3.05) is 11.9 Å². The van der Waals surface area contributed by atoms with Crippen LogP contribution in [0.15, 0.2) is 12.3 Å². The number of ether oxygens (including phenoxy) is 1. The van der Waals surface area contributed by atoms with E-state index >= 15 is 0 Å². The van der Waals surface area contributed by atoms with E-state index in [0.29, 0.717) is 11.4 Å². The molecule has 0 bridgehead atoms. The van der Waals surface area contributed by atoms with Gasteiger partial charge in [-0.05, 0) is 26.8 Å². The van der Waals surface area contributed by atoms with Crippen molar-refractivity contribution < 1.29 is 9.53 Å². The number of hydrogen-bond donors (Lipinski definition) is 1. The molecular weight excluding hydrogens is 254 g/mol. The summed E-state index contributed by atoms with van der Waals surface area (Å²) in [5, 5.41) is 11.7. The average Bonchev–Trinajstić information content (AvgIpc) is 2.25. The summed E-state index contributed by atoms with van der Waals surface area (Å²) >= 11 is 5.90. The van der Waals surface area contributed by atoms with Crippen molar-refractivity contribution in [1.82, 2.24) is 4.98 Å². The molecule has 0 unspecified atom stereocenters. The lowest BCUT2D eigenvalue weighted by Crippen LogP contribution is -2.28. The van der Waals surface area contributed by atoms with Crippen LogP contribution in [0.25, 0.3) is 0 Å². The van der Waals surface area contributed by atoms with Gasteiger partial charge in [0.15, 0.2) is 0 Å². The van der Waals surface area contributed by atoms with E-state index in [9.17, 15) is 4.79 Å². The molecule has 1 aromatic rings. The lowest BCUT2D eigenvalue weighted by molar-refractivity contribution is -0.152. The third-order valence-corrected chi connectivity index (χ3v) is 2.08. The number of anilines is 1. The summed E-state index contributed by atoms with van der Waals surface area (Å²) in [4.78, 5) is 15.4. The second-order valence-electron chi connectivity index (χ2n) is 4.61. The van der Waals surface area contributed by atoms with Crippen LogP contribution >= 0.6 is 11.6 Å².